The summed E-state index contributed by atoms with van der Waals surface area (Å²) in [6, 6.07) is 9.87. The molecule has 0 N–H and O–H groups in total. The first kappa shape index (κ1) is 29.9. The van der Waals surface area contributed by atoms with Gasteiger partial charge in [-0.1, -0.05) is 86.1 Å². The van der Waals surface area contributed by atoms with E-state index in [1.165, 1.54) is 12.8 Å². The quantitative estimate of drug-likeness (QED) is 0.361. The zero-order valence-electron chi connectivity index (χ0n) is 21.1. The van der Waals surface area contributed by atoms with Gasteiger partial charge in [-0.05, 0) is 0 Å². The minimum atomic E-state index is 0. The molecule has 0 aromatic heterocycles. The molecule has 0 aliphatic heterocycles. The van der Waals surface area contributed by atoms with Crippen LogP contribution in [-0.4, -0.2) is 24.2 Å². The van der Waals surface area contributed by atoms with Gasteiger partial charge in [-0.2, -0.15) is 56.5 Å². The summed E-state index contributed by atoms with van der Waals surface area (Å²) in [5.41, 5.74) is 1.28. The number of rotatable bonds is 6. The first-order valence-electron chi connectivity index (χ1n) is 11.4. The molecule has 30 heavy (non-hydrogen) atoms. The minimum Gasteiger partial charge on any atom is -0.657 e. The van der Waals surface area contributed by atoms with E-state index in [4.69, 9.17) is 10.6 Å². The average Bonchev–Trinajstić information content (AvgIpc) is 2.78. The van der Waals surface area contributed by atoms with Gasteiger partial charge in [-0.3, -0.25) is 0 Å². The Balaban J connectivity index is 0.000000886. The van der Waals surface area contributed by atoms with Crippen LogP contribution in [0.1, 0.15) is 80.7 Å². The Hall–Kier alpha value is -0.107. The van der Waals surface area contributed by atoms with E-state index in [1.807, 2.05) is 30.3 Å². The summed E-state index contributed by atoms with van der Waals surface area (Å²) in [6.07, 6.45) is 2.45. The van der Waals surface area contributed by atoms with Crippen molar-refractivity contribution in [1.29, 1.82) is 0 Å². The number of nitrogens with zero attached hydrogens (tertiary/aromatic N) is 2. The van der Waals surface area contributed by atoms with Gasteiger partial charge in [-0.15, -0.1) is 23.2 Å². The predicted molar refractivity (Wildman–Crippen MR) is 130 cm³/mol. The summed E-state index contributed by atoms with van der Waals surface area (Å²) >= 11 is 0. The van der Waals surface area contributed by atoms with E-state index in [0.717, 1.165) is 42.3 Å². The van der Waals surface area contributed by atoms with Gasteiger partial charge in [-0.25, -0.2) is 0 Å². The van der Waals surface area contributed by atoms with Crippen molar-refractivity contribution in [3.05, 3.63) is 59.4 Å². The Morgan fingerprint density at radius 3 is 1.43 bits per heavy atom. The van der Waals surface area contributed by atoms with Crippen molar-refractivity contribution in [1.82, 2.24) is 0 Å². The van der Waals surface area contributed by atoms with Crippen LogP contribution < -0.4 is 0 Å². The van der Waals surface area contributed by atoms with Crippen LogP contribution in [0.15, 0.2) is 30.3 Å². The summed E-state index contributed by atoms with van der Waals surface area (Å²) in [4.78, 5) is 0. The molecule has 1 aliphatic rings. The molecule has 1 aromatic rings. The van der Waals surface area contributed by atoms with Crippen molar-refractivity contribution in [2.75, 3.05) is 13.1 Å². The Bertz CT molecular complexity index is 526. The zero-order valence-corrected chi connectivity index (χ0v) is 23.6. The summed E-state index contributed by atoms with van der Waals surface area (Å²) in [5, 5.41) is 9.60. The second-order valence-corrected chi connectivity index (χ2v) is 10.8. The fourth-order valence-electron chi connectivity index (χ4n) is 4.37. The summed E-state index contributed by atoms with van der Waals surface area (Å²) in [7, 11) is 0. The van der Waals surface area contributed by atoms with Gasteiger partial charge in [0.15, 0.2) is 0 Å². The van der Waals surface area contributed by atoms with Crippen molar-refractivity contribution in [3.63, 3.8) is 0 Å². The standard InChI is InChI=1S/C20H39N2.C7H7.Zr/c1-14-15(2)18(11-13-22-20(7,8)9)16(3)17(14)10-12-21-19(4,5)6;1-7-5-3-2-4-6-7;/h14-15,17-18H,10-13H2,1-9H3;2-6H,1H2;/q-3;-1;+4. The van der Waals surface area contributed by atoms with Gasteiger partial charge in [0.05, 0.1) is 0 Å². The van der Waals surface area contributed by atoms with Crippen molar-refractivity contribution in [2.45, 2.75) is 86.2 Å². The minimum absolute atomic E-state index is 0. The molecular formula is C27H46N2Zr. The first-order valence-corrected chi connectivity index (χ1v) is 11.4. The topological polar surface area (TPSA) is 28.2 Å². The molecule has 0 radical (unpaired) electrons. The third-order valence-corrected chi connectivity index (χ3v) is 6.16. The number of hydrogen-bond acceptors (Lipinski definition) is 0. The van der Waals surface area contributed by atoms with Gasteiger partial charge in [0, 0.05) is 0 Å². The van der Waals surface area contributed by atoms with Crippen LogP contribution in [0.4, 0.5) is 0 Å². The van der Waals surface area contributed by atoms with Gasteiger partial charge < -0.3 is 16.6 Å². The molecule has 3 heteroatoms. The molecule has 2 rings (SSSR count). The van der Waals surface area contributed by atoms with Crippen molar-refractivity contribution in [3.8, 4) is 0 Å². The predicted octanol–water partition coefficient (Wildman–Crippen LogP) is 8.09. The molecule has 4 unspecified atom stereocenters. The van der Waals surface area contributed by atoms with Crippen LogP contribution in [0.3, 0.4) is 0 Å². The van der Waals surface area contributed by atoms with Crippen molar-refractivity contribution < 1.29 is 26.2 Å². The van der Waals surface area contributed by atoms with E-state index >= 15 is 0 Å². The maximum absolute atomic E-state index is 4.80. The number of hydrogen-bond donors (Lipinski definition) is 0. The molecule has 1 saturated carbocycles. The van der Waals surface area contributed by atoms with Crippen LogP contribution in [0.5, 0.6) is 0 Å². The summed E-state index contributed by atoms with van der Waals surface area (Å²) < 4.78 is 0. The van der Waals surface area contributed by atoms with E-state index in [1.54, 1.807) is 5.92 Å². The Morgan fingerprint density at radius 2 is 1.17 bits per heavy atom. The van der Waals surface area contributed by atoms with Crippen molar-refractivity contribution in [2.24, 2.45) is 23.7 Å². The van der Waals surface area contributed by atoms with Crippen LogP contribution >= 0.6 is 0 Å². The summed E-state index contributed by atoms with van der Waals surface area (Å²) in [6.45, 7) is 26.2. The Kier molecular flexibility index (Phi) is 13.4. The molecule has 0 saturated heterocycles. The van der Waals surface area contributed by atoms with Crippen LogP contribution in [-0.2, 0) is 26.2 Å². The maximum Gasteiger partial charge on any atom is 4.00 e. The third-order valence-electron chi connectivity index (χ3n) is 6.16. The largest absolute Gasteiger partial charge is 4.00 e. The van der Waals surface area contributed by atoms with E-state index in [0.29, 0.717) is 0 Å². The molecule has 2 nitrogen and oxygen atoms in total. The van der Waals surface area contributed by atoms with E-state index < -0.39 is 0 Å². The number of benzene rings is 1. The van der Waals surface area contributed by atoms with Gasteiger partial charge in [0.25, 0.3) is 0 Å². The van der Waals surface area contributed by atoms with Crippen LogP contribution in [0, 0.1) is 36.5 Å². The molecule has 1 aromatic carbocycles. The van der Waals surface area contributed by atoms with Gasteiger partial charge in [0.1, 0.15) is 0 Å². The zero-order chi connectivity index (χ0) is 22.2. The molecule has 0 bridgehead atoms. The summed E-state index contributed by atoms with van der Waals surface area (Å²) in [5.74, 6) is 4.79. The van der Waals surface area contributed by atoms with E-state index in [2.05, 4.69) is 69.2 Å². The average molecular weight is 490 g/mol. The Morgan fingerprint density at radius 1 is 0.800 bits per heavy atom. The molecule has 4 atom stereocenters. The smallest absolute Gasteiger partial charge is 0.657 e. The molecule has 0 heterocycles. The normalized spacial score (nSPS) is 24.7. The maximum atomic E-state index is 4.80. The molecular weight excluding hydrogens is 444 g/mol. The fourth-order valence-corrected chi connectivity index (χ4v) is 4.37. The van der Waals surface area contributed by atoms with Crippen molar-refractivity contribution >= 4 is 0 Å². The third kappa shape index (κ3) is 11.5. The Labute approximate surface area is 207 Å². The molecule has 1 aliphatic carbocycles. The van der Waals surface area contributed by atoms with Gasteiger partial charge >= 0.3 is 26.2 Å². The van der Waals surface area contributed by atoms with E-state index in [9.17, 15) is 0 Å². The molecule has 1 fully saturated rings. The first-order chi connectivity index (χ1) is 13.3. The second-order valence-electron chi connectivity index (χ2n) is 10.8. The van der Waals surface area contributed by atoms with E-state index in [-0.39, 0.29) is 37.3 Å². The van der Waals surface area contributed by atoms with Gasteiger partial charge in [0.2, 0.25) is 0 Å². The second kappa shape index (κ2) is 13.4. The fraction of sp³-hybridized carbons (Fsp3) is 0.704. The van der Waals surface area contributed by atoms with Crippen LogP contribution in [0.25, 0.3) is 10.6 Å². The SMILES string of the molecule is C[C-]1C(CC[N-]C(C)(C)C)C(C)C(C)C1CC[N-]C(C)(C)C.[CH2-]c1ccccc1.[Zr+4]. The molecule has 0 spiro atoms. The van der Waals surface area contributed by atoms with Crippen LogP contribution in [0.2, 0.25) is 0 Å². The molecule has 0 amide bonds. The molecule has 168 valence electrons. The monoisotopic (exact) mass is 488 g/mol.